The van der Waals surface area contributed by atoms with E-state index in [4.69, 9.17) is 9.15 Å². The number of Topliss-reactive ketones (excluding diaryl/α,β-unsaturated/α-hetero) is 1. The van der Waals surface area contributed by atoms with Crippen LogP contribution in [0.1, 0.15) is 38.9 Å². The Hall–Kier alpha value is -2.93. The fourth-order valence-corrected chi connectivity index (χ4v) is 3.28. The zero-order chi connectivity index (χ0) is 20.3. The number of carbonyl (C=O) groups is 2. The highest BCUT2D eigenvalue weighted by atomic mass is 32.2. The molecule has 0 saturated heterocycles. The molecule has 0 saturated carbocycles. The van der Waals surface area contributed by atoms with Gasteiger partial charge in [0.05, 0.1) is 12.0 Å². The van der Waals surface area contributed by atoms with E-state index in [1.54, 1.807) is 38.1 Å². The molecule has 0 N–H and O–H groups in total. The molecule has 2 aromatic heterocycles. The van der Waals surface area contributed by atoms with Gasteiger partial charge < -0.3 is 9.15 Å². The van der Waals surface area contributed by atoms with Crippen molar-refractivity contribution in [2.45, 2.75) is 31.9 Å². The smallest absolute Gasteiger partial charge is 0.343 e. The molecule has 0 radical (unpaired) electrons. The summed E-state index contributed by atoms with van der Waals surface area (Å²) in [6, 6.07) is 10.6. The average Bonchev–Trinajstić information content (AvgIpc) is 3.22. The van der Waals surface area contributed by atoms with Gasteiger partial charge >= 0.3 is 5.97 Å². The van der Waals surface area contributed by atoms with Crippen LogP contribution in [0.2, 0.25) is 0 Å². The summed E-state index contributed by atoms with van der Waals surface area (Å²) in [5.74, 6) is 0.0269. The van der Waals surface area contributed by atoms with Crippen molar-refractivity contribution in [2.24, 2.45) is 0 Å². The van der Waals surface area contributed by atoms with Crippen LogP contribution in [-0.4, -0.2) is 34.1 Å². The Morgan fingerprint density at radius 2 is 1.82 bits per heavy atom. The van der Waals surface area contributed by atoms with Crippen LogP contribution in [0.15, 0.2) is 52.1 Å². The van der Waals surface area contributed by atoms with Crippen molar-refractivity contribution in [1.82, 2.24) is 9.97 Å². The molecule has 0 amide bonds. The SMILES string of the molecule is CSc1nc(-c2ccco2)nc(C)c1C(=O)O[C@H](C)C(=O)c1ccc(C)cc1. The molecule has 0 aliphatic carbocycles. The van der Waals surface area contributed by atoms with Gasteiger partial charge in [0.25, 0.3) is 0 Å². The molecule has 28 heavy (non-hydrogen) atoms. The molecule has 0 unspecified atom stereocenters. The maximum absolute atomic E-state index is 12.8. The highest BCUT2D eigenvalue weighted by Crippen LogP contribution is 2.26. The van der Waals surface area contributed by atoms with Crippen LogP contribution in [0.5, 0.6) is 0 Å². The summed E-state index contributed by atoms with van der Waals surface area (Å²) < 4.78 is 10.8. The first-order valence-electron chi connectivity index (χ1n) is 8.69. The zero-order valence-electron chi connectivity index (χ0n) is 16.1. The second kappa shape index (κ2) is 8.39. The molecule has 0 spiro atoms. The maximum atomic E-state index is 12.8. The molecule has 0 bridgehead atoms. The standard InChI is InChI=1S/C21H20N2O4S/c1-12-7-9-15(10-8-12)18(24)14(3)27-21(25)17-13(2)22-19(23-20(17)28-4)16-6-5-11-26-16/h5-11,14H,1-4H3/t14-/m1/s1. The van der Waals surface area contributed by atoms with Crippen molar-refractivity contribution in [2.75, 3.05) is 6.26 Å². The van der Waals surface area contributed by atoms with Gasteiger partial charge in [-0.3, -0.25) is 4.79 Å². The van der Waals surface area contributed by atoms with Crippen LogP contribution in [0.4, 0.5) is 0 Å². The second-order valence-electron chi connectivity index (χ2n) is 6.27. The summed E-state index contributed by atoms with van der Waals surface area (Å²) in [4.78, 5) is 34.1. The largest absolute Gasteiger partial charge is 0.461 e. The minimum absolute atomic E-state index is 0.256. The topological polar surface area (TPSA) is 82.3 Å². The molecule has 3 rings (SSSR count). The first-order chi connectivity index (χ1) is 13.4. The van der Waals surface area contributed by atoms with Gasteiger partial charge in [0.15, 0.2) is 17.7 Å². The summed E-state index contributed by atoms with van der Waals surface area (Å²) in [5.41, 5.74) is 2.27. The normalized spacial score (nSPS) is 11.9. The predicted octanol–water partition coefficient (Wildman–Crippen LogP) is 4.50. The van der Waals surface area contributed by atoms with E-state index in [1.807, 2.05) is 25.3 Å². The summed E-state index contributed by atoms with van der Waals surface area (Å²) in [6.07, 6.45) is 2.42. The van der Waals surface area contributed by atoms with Crippen LogP contribution in [0.25, 0.3) is 11.6 Å². The van der Waals surface area contributed by atoms with Crippen LogP contribution >= 0.6 is 11.8 Å². The molecule has 0 aliphatic rings. The highest BCUT2D eigenvalue weighted by Gasteiger charge is 2.25. The third-order valence-corrected chi connectivity index (χ3v) is 4.87. The lowest BCUT2D eigenvalue weighted by atomic mass is 10.1. The van der Waals surface area contributed by atoms with Gasteiger partial charge in [-0.25, -0.2) is 14.8 Å². The average molecular weight is 396 g/mol. The van der Waals surface area contributed by atoms with Crippen molar-refractivity contribution in [3.8, 4) is 11.6 Å². The molecule has 0 fully saturated rings. The van der Waals surface area contributed by atoms with Gasteiger partial charge in [0, 0.05) is 5.56 Å². The lowest BCUT2D eigenvalue weighted by molar-refractivity contribution is 0.0313. The molecule has 2 heterocycles. The van der Waals surface area contributed by atoms with E-state index >= 15 is 0 Å². The molecule has 3 aromatic rings. The molecule has 144 valence electrons. The Kier molecular flexibility index (Phi) is 5.94. The molecule has 6 nitrogen and oxygen atoms in total. The van der Waals surface area contributed by atoms with Crippen LogP contribution in [0.3, 0.4) is 0 Å². The van der Waals surface area contributed by atoms with Gasteiger partial charge in [-0.1, -0.05) is 29.8 Å². The monoisotopic (exact) mass is 396 g/mol. The number of ketones is 1. The third-order valence-electron chi connectivity index (χ3n) is 4.18. The van der Waals surface area contributed by atoms with Crippen LogP contribution in [0, 0.1) is 13.8 Å². The number of aromatic nitrogens is 2. The fraction of sp³-hybridized carbons (Fsp3) is 0.238. The minimum atomic E-state index is -0.922. The van der Waals surface area contributed by atoms with Gasteiger partial charge in [0.2, 0.25) is 5.78 Å². The Morgan fingerprint density at radius 3 is 2.43 bits per heavy atom. The van der Waals surface area contributed by atoms with Gasteiger partial charge in [0.1, 0.15) is 10.6 Å². The molecule has 1 atom stereocenters. The summed E-state index contributed by atoms with van der Waals surface area (Å²) in [5, 5.41) is 0.471. The Morgan fingerprint density at radius 1 is 1.11 bits per heavy atom. The number of esters is 1. The summed E-state index contributed by atoms with van der Waals surface area (Å²) in [7, 11) is 0. The molecule has 0 aliphatic heterocycles. The number of thioether (sulfide) groups is 1. The molecule has 1 aromatic carbocycles. The van der Waals surface area contributed by atoms with E-state index in [1.165, 1.54) is 18.0 Å². The second-order valence-corrected chi connectivity index (χ2v) is 7.07. The third kappa shape index (κ3) is 4.14. The van der Waals surface area contributed by atoms with E-state index in [2.05, 4.69) is 9.97 Å². The molecular weight excluding hydrogens is 376 g/mol. The number of furan rings is 1. The van der Waals surface area contributed by atoms with E-state index in [0.29, 0.717) is 27.9 Å². The van der Waals surface area contributed by atoms with Crippen LogP contribution < -0.4 is 0 Å². The van der Waals surface area contributed by atoms with Crippen molar-refractivity contribution in [3.05, 3.63) is 65.0 Å². The minimum Gasteiger partial charge on any atom is -0.461 e. The fourth-order valence-electron chi connectivity index (χ4n) is 2.67. The van der Waals surface area contributed by atoms with Crippen LogP contribution in [-0.2, 0) is 4.74 Å². The van der Waals surface area contributed by atoms with Crippen molar-refractivity contribution in [1.29, 1.82) is 0 Å². The van der Waals surface area contributed by atoms with Gasteiger partial charge in [-0.05, 0) is 39.2 Å². The van der Waals surface area contributed by atoms with E-state index in [9.17, 15) is 9.59 Å². The summed E-state index contributed by atoms with van der Waals surface area (Å²) in [6.45, 7) is 5.21. The van der Waals surface area contributed by atoms with E-state index < -0.39 is 12.1 Å². The first kappa shape index (κ1) is 19.8. The number of hydrogen-bond acceptors (Lipinski definition) is 7. The maximum Gasteiger partial charge on any atom is 0.343 e. The first-order valence-corrected chi connectivity index (χ1v) is 9.91. The number of ether oxygens (including phenoxy) is 1. The van der Waals surface area contributed by atoms with E-state index in [-0.39, 0.29) is 11.3 Å². The molecular formula is C21H20N2O4S. The van der Waals surface area contributed by atoms with Crippen molar-refractivity contribution >= 4 is 23.5 Å². The zero-order valence-corrected chi connectivity index (χ0v) is 16.9. The molecule has 7 heteroatoms. The lowest BCUT2D eigenvalue weighted by Gasteiger charge is -2.15. The van der Waals surface area contributed by atoms with Gasteiger partial charge in [-0.2, -0.15) is 0 Å². The number of benzene rings is 1. The number of aryl methyl sites for hydroxylation is 2. The quantitative estimate of drug-likeness (QED) is 0.262. The van der Waals surface area contributed by atoms with Crippen molar-refractivity contribution in [3.63, 3.8) is 0 Å². The lowest BCUT2D eigenvalue weighted by Crippen LogP contribution is -2.25. The highest BCUT2D eigenvalue weighted by molar-refractivity contribution is 7.98. The Labute approximate surface area is 167 Å². The van der Waals surface area contributed by atoms with Gasteiger partial charge in [-0.15, -0.1) is 11.8 Å². The van der Waals surface area contributed by atoms with E-state index in [0.717, 1.165) is 5.56 Å². The Balaban J connectivity index is 1.83. The van der Waals surface area contributed by atoms with Crippen molar-refractivity contribution < 1.29 is 18.7 Å². The number of rotatable bonds is 6. The number of carbonyl (C=O) groups excluding carboxylic acids is 2. The Bertz CT molecular complexity index is 998. The summed E-state index contributed by atoms with van der Waals surface area (Å²) >= 11 is 1.30. The number of nitrogens with zero attached hydrogens (tertiary/aromatic N) is 2. The predicted molar refractivity (Wildman–Crippen MR) is 107 cm³/mol. The number of hydrogen-bond donors (Lipinski definition) is 0.